The lowest BCUT2D eigenvalue weighted by Gasteiger charge is -2.10. The van der Waals surface area contributed by atoms with Gasteiger partial charge in [0.1, 0.15) is 10.6 Å². The van der Waals surface area contributed by atoms with E-state index in [-0.39, 0.29) is 10.5 Å². The van der Waals surface area contributed by atoms with Gasteiger partial charge in [-0.05, 0) is 24.6 Å². The van der Waals surface area contributed by atoms with E-state index in [2.05, 4.69) is 9.71 Å². The molecule has 0 aliphatic heterocycles. The Bertz CT molecular complexity index is 748. The lowest BCUT2D eigenvalue weighted by atomic mass is 10.3. The number of anilines is 1. The number of pyridine rings is 1. The Hall–Kier alpha value is -2.28. The van der Waals surface area contributed by atoms with Crippen molar-refractivity contribution in [2.24, 2.45) is 0 Å². The smallest absolute Gasteiger partial charge is 0.263 e. The van der Waals surface area contributed by atoms with Gasteiger partial charge in [0.15, 0.2) is 0 Å². The summed E-state index contributed by atoms with van der Waals surface area (Å²) in [6.45, 7) is 2.55. The zero-order valence-electron chi connectivity index (χ0n) is 11.5. The summed E-state index contributed by atoms with van der Waals surface area (Å²) in [5, 5.41) is 0. The molecule has 7 heteroatoms. The molecular formula is C14H16N2O4S. The van der Waals surface area contributed by atoms with Gasteiger partial charge in [-0.1, -0.05) is 13.0 Å². The number of hydrogen-bond donors (Lipinski definition) is 2. The predicted molar refractivity (Wildman–Crippen MR) is 80.1 cm³/mol. The third-order valence-corrected chi connectivity index (χ3v) is 4.00. The van der Waals surface area contributed by atoms with Crippen LogP contribution in [-0.4, -0.2) is 20.0 Å². The fourth-order valence-electron chi connectivity index (χ4n) is 1.65. The van der Waals surface area contributed by atoms with Crippen LogP contribution in [0.15, 0.2) is 52.3 Å². The minimum Gasteiger partial charge on any atom is -0.494 e. The molecule has 1 aromatic carbocycles. The van der Waals surface area contributed by atoms with Crippen molar-refractivity contribution in [1.29, 1.82) is 0 Å². The van der Waals surface area contributed by atoms with E-state index >= 15 is 0 Å². The van der Waals surface area contributed by atoms with Crippen molar-refractivity contribution >= 4 is 15.7 Å². The van der Waals surface area contributed by atoms with Crippen LogP contribution in [0.25, 0.3) is 0 Å². The van der Waals surface area contributed by atoms with Crippen LogP contribution in [0.3, 0.4) is 0 Å². The highest BCUT2D eigenvalue weighted by Gasteiger charge is 2.14. The highest BCUT2D eigenvalue weighted by atomic mass is 32.2. The molecule has 2 N–H and O–H groups in total. The molecule has 0 aliphatic rings. The van der Waals surface area contributed by atoms with Crippen molar-refractivity contribution in [3.8, 4) is 5.75 Å². The Balaban J connectivity index is 2.20. The molecule has 0 amide bonds. The number of sulfonamides is 1. The minimum absolute atomic E-state index is 0.0121. The Kier molecular flexibility index (Phi) is 4.64. The lowest BCUT2D eigenvalue weighted by molar-refractivity contribution is 0.317. The topological polar surface area (TPSA) is 88.3 Å². The normalized spacial score (nSPS) is 11.1. The number of H-pyrrole nitrogens is 1. The van der Waals surface area contributed by atoms with Gasteiger partial charge < -0.3 is 9.72 Å². The second-order valence-electron chi connectivity index (χ2n) is 4.37. The summed E-state index contributed by atoms with van der Waals surface area (Å²) in [5.41, 5.74) is 0.0405. The standard InChI is InChI=1S/C14H16N2O4S/c1-2-8-20-12-5-3-4-11(9-12)16-21(18,19)13-6-7-14(17)15-10-13/h3-7,9-10,16H,2,8H2,1H3,(H,15,17). The molecule has 0 unspecified atom stereocenters. The van der Waals surface area contributed by atoms with Crippen LogP contribution in [0, 0.1) is 0 Å². The molecular weight excluding hydrogens is 292 g/mol. The lowest BCUT2D eigenvalue weighted by Crippen LogP contribution is -2.15. The summed E-state index contributed by atoms with van der Waals surface area (Å²) in [6.07, 6.45) is 2.02. The number of aromatic nitrogens is 1. The Morgan fingerprint density at radius 1 is 1.24 bits per heavy atom. The number of rotatable bonds is 6. The Morgan fingerprint density at radius 3 is 2.71 bits per heavy atom. The fourth-order valence-corrected chi connectivity index (χ4v) is 2.66. The van der Waals surface area contributed by atoms with Gasteiger partial charge in [0.05, 0.1) is 12.3 Å². The molecule has 2 rings (SSSR count). The Labute approximate surface area is 122 Å². The average molecular weight is 308 g/mol. The van der Waals surface area contributed by atoms with Crippen LogP contribution in [-0.2, 0) is 10.0 Å². The van der Waals surface area contributed by atoms with Crippen LogP contribution in [0.4, 0.5) is 5.69 Å². The number of aromatic amines is 1. The van der Waals surface area contributed by atoms with Gasteiger partial charge in [-0.3, -0.25) is 9.52 Å². The van der Waals surface area contributed by atoms with E-state index in [0.29, 0.717) is 18.0 Å². The molecule has 0 radical (unpaired) electrons. The first-order valence-corrected chi connectivity index (χ1v) is 7.94. The summed E-state index contributed by atoms with van der Waals surface area (Å²) in [6, 6.07) is 9.11. The molecule has 0 atom stereocenters. The van der Waals surface area contributed by atoms with E-state index in [1.807, 2.05) is 6.92 Å². The van der Waals surface area contributed by atoms with E-state index < -0.39 is 10.0 Å². The molecule has 0 bridgehead atoms. The molecule has 0 spiro atoms. The van der Waals surface area contributed by atoms with Crippen molar-refractivity contribution in [2.75, 3.05) is 11.3 Å². The van der Waals surface area contributed by atoms with Gasteiger partial charge in [0.2, 0.25) is 5.56 Å². The maximum absolute atomic E-state index is 12.2. The average Bonchev–Trinajstić information content (AvgIpc) is 2.45. The third kappa shape index (κ3) is 4.09. The van der Waals surface area contributed by atoms with E-state index in [0.717, 1.165) is 18.7 Å². The van der Waals surface area contributed by atoms with Gasteiger partial charge in [-0.15, -0.1) is 0 Å². The zero-order valence-corrected chi connectivity index (χ0v) is 12.3. The van der Waals surface area contributed by atoms with Crippen LogP contribution in [0.2, 0.25) is 0 Å². The van der Waals surface area contributed by atoms with Crippen molar-refractivity contribution in [2.45, 2.75) is 18.2 Å². The molecule has 6 nitrogen and oxygen atoms in total. The number of nitrogens with one attached hydrogen (secondary N) is 2. The van der Waals surface area contributed by atoms with Crippen molar-refractivity contribution in [3.05, 3.63) is 52.9 Å². The molecule has 0 saturated heterocycles. The number of hydrogen-bond acceptors (Lipinski definition) is 4. The monoisotopic (exact) mass is 308 g/mol. The van der Waals surface area contributed by atoms with Crippen LogP contribution < -0.4 is 15.0 Å². The fraction of sp³-hybridized carbons (Fsp3) is 0.214. The van der Waals surface area contributed by atoms with Crippen LogP contribution in [0.5, 0.6) is 5.75 Å². The second-order valence-corrected chi connectivity index (χ2v) is 6.05. The van der Waals surface area contributed by atoms with Crippen molar-refractivity contribution < 1.29 is 13.2 Å². The van der Waals surface area contributed by atoms with Gasteiger partial charge in [-0.25, -0.2) is 8.42 Å². The zero-order chi connectivity index (χ0) is 15.3. The molecule has 21 heavy (non-hydrogen) atoms. The first kappa shape index (κ1) is 15.1. The van der Waals surface area contributed by atoms with Crippen LogP contribution >= 0.6 is 0 Å². The summed E-state index contributed by atoms with van der Waals surface area (Å²) in [5.74, 6) is 0.596. The van der Waals surface area contributed by atoms with Crippen molar-refractivity contribution in [1.82, 2.24) is 4.98 Å². The van der Waals surface area contributed by atoms with Gasteiger partial charge in [-0.2, -0.15) is 0 Å². The summed E-state index contributed by atoms with van der Waals surface area (Å²) >= 11 is 0. The maximum atomic E-state index is 12.2. The molecule has 0 saturated carbocycles. The van der Waals surface area contributed by atoms with E-state index in [4.69, 9.17) is 4.74 Å². The molecule has 0 aliphatic carbocycles. The first-order chi connectivity index (χ1) is 10.0. The summed E-state index contributed by atoms with van der Waals surface area (Å²) in [4.78, 5) is 13.3. The highest BCUT2D eigenvalue weighted by Crippen LogP contribution is 2.20. The Morgan fingerprint density at radius 2 is 2.05 bits per heavy atom. The van der Waals surface area contributed by atoms with Gasteiger partial charge in [0.25, 0.3) is 10.0 Å². The number of ether oxygens (including phenoxy) is 1. The highest BCUT2D eigenvalue weighted by molar-refractivity contribution is 7.92. The third-order valence-electron chi connectivity index (χ3n) is 2.63. The summed E-state index contributed by atoms with van der Waals surface area (Å²) in [7, 11) is -3.74. The van der Waals surface area contributed by atoms with Gasteiger partial charge in [0, 0.05) is 18.3 Å². The molecule has 1 heterocycles. The van der Waals surface area contributed by atoms with E-state index in [9.17, 15) is 13.2 Å². The van der Waals surface area contributed by atoms with Gasteiger partial charge >= 0.3 is 0 Å². The molecule has 2 aromatic rings. The predicted octanol–water partition coefficient (Wildman–Crippen LogP) is 1.96. The SMILES string of the molecule is CCCOc1cccc(NS(=O)(=O)c2ccc(=O)[nH]c2)c1. The minimum atomic E-state index is -3.74. The first-order valence-electron chi connectivity index (χ1n) is 6.46. The maximum Gasteiger partial charge on any atom is 0.263 e. The molecule has 1 aromatic heterocycles. The largest absolute Gasteiger partial charge is 0.494 e. The van der Waals surface area contributed by atoms with E-state index in [1.165, 1.54) is 6.07 Å². The summed E-state index contributed by atoms with van der Waals surface area (Å²) < 4.78 is 32.2. The molecule has 0 fully saturated rings. The quantitative estimate of drug-likeness (QED) is 0.854. The van der Waals surface area contributed by atoms with Crippen molar-refractivity contribution in [3.63, 3.8) is 0 Å². The second kappa shape index (κ2) is 6.45. The van der Waals surface area contributed by atoms with E-state index in [1.54, 1.807) is 24.3 Å². The van der Waals surface area contributed by atoms with Crippen LogP contribution in [0.1, 0.15) is 13.3 Å². The molecule has 112 valence electrons. The number of benzene rings is 1.